The van der Waals surface area contributed by atoms with Crippen LogP contribution in [-0.2, 0) is 0 Å². The van der Waals surface area contributed by atoms with Crippen LogP contribution in [0.15, 0.2) is 28.7 Å². The first-order chi connectivity index (χ1) is 8.78. The van der Waals surface area contributed by atoms with Crippen LogP contribution in [0.2, 0.25) is 0 Å². The molecule has 0 aromatic heterocycles. The van der Waals surface area contributed by atoms with E-state index in [0.717, 1.165) is 12.1 Å². The van der Waals surface area contributed by atoms with Crippen molar-refractivity contribution in [2.75, 3.05) is 11.9 Å². The molecule has 0 aliphatic carbocycles. The summed E-state index contributed by atoms with van der Waals surface area (Å²) >= 11 is 3.60. The molecule has 0 amide bonds. The van der Waals surface area contributed by atoms with E-state index in [4.69, 9.17) is 0 Å². The lowest BCUT2D eigenvalue weighted by Gasteiger charge is -2.50. The number of nitrogens with zero attached hydrogens (tertiary/aromatic N) is 1. The molecule has 3 heteroatoms. The van der Waals surface area contributed by atoms with Crippen LogP contribution in [0.25, 0.3) is 0 Å². The van der Waals surface area contributed by atoms with Crippen LogP contribution in [0, 0.1) is 0 Å². The van der Waals surface area contributed by atoms with Gasteiger partial charge in [0, 0.05) is 28.3 Å². The zero-order valence-electron chi connectivity index (χ0n) is 10.9. The first kappa shape index (κ1) is 12.5. The molecule has 2 unspecified atom stereocenters. The smallest absolute Gasteiger partial charge is 0.0382 e. The molecule has 3 rings (SSSR count). The summed E-state index contributed by atoms with van der Waals surface area (Å²) < 4.78 is 1.19. The maximum atomic E-state index is 3.60. The Morgan fingerprint density at radius 1 is 1.22 bits per heavy atom. The van der Waals surface area contributed by atoms with Crippen molar-refractivity contribution in [3.63, 3.8) is 0 Å². The van der Waals surface area contributed by atoms with Gasteiger partial charge in [-0.15, -0.1) is 0 Å². The lowest BCUT2D eigenvalue weighted by Crippen LogP contribution is -2.56. The fraction of sp³-hybridized carbons (Fsp3) is 0.600. The number of anilines is 1. The molecule has 1 aromatic rings. The predicted octanol–water partition coefficient (Wildman–Crippen LogP) is 3.56. The van der Waals surface area contributed by atoms with E-state index in [2.05, 4.69) is 57.5 Å². The van der Waals surface area contributed by atoms with E-state index in [1.165, 1.54) is 42.3 Å². The van der Waals surface area contributed by atoms with Gasteiger partial charge in [-0.25, -0.2) is 0 Å². The highest BCUT2D eigenvalue weighted by Gasteiger charge is 2.37. The van der Waals surface area contributed by atoms with Crippen molar-refractivity contribution in [1.82, 2.24) is 5.32 Å². The number of hydrogen-bond acceptors (Lipinski definition) is 2. The summed E-state index contributed by atoms with van der Waals surface area (Å²) in [4.78, 5) is 2.68. The molecule has 2 atom stereocenters. The summed E-state index contributed by atoms with van der Waals surface area (Å²) in [6.45, 7) is 0. The monoisotopic (exact) mass is 308 g/mol. The third-order valence-corrected chi connectivity index (χ3v) is 4.98. The van der Waals surface area contributed by atoms with Crippen molar-refractivity contribution in [3.05, 3.63) is 28.7 Å². The molecule has 2 saturated heterocycles. The Morgan fingerprint density at radius 2 is 1.94 bits per heavy atom. The number of nitrogens with one attached hydrogen (secondary N) is 1. The van der Waals surface area contributed by atoms with Gasteiger partial charge < -0.3 is 10.2 Å². The third-order valence-electron chi connectivity index (χ3n) is 4.49. The minimum absolute atomic E-state index is 0.712. The Bertz CT molecular complexity index is 407. The molecular formula is C15H21BrN2. The highest BCUT2D eigenvalue weighted by molar-refractivity contribution is 9.10. The predicted molar refractivity (Wildman–Crippen MR) is 80.1 cm³/mol. The van der Waals surface area contributed by atoms with Crippen molar-refractivity contribution in [3.8, 4) is 0 Å². The lowest BCUT2D eigenvalue weighted by molar-refractivity contribution is 0.252. The molecule has 0 radical (unpaired) electrons. The normalized spacial score (nSPS) is 31.4. The number of fused-ring (bicyclic) bond motifs is 2. The third kappa shape index (κ3) is 2.30. The number of benzene rings is 1. The van der Waals surface area contributed by atoms with E-state index < -0.39 is 0 Å². The first-order valence-electron chi connectivity index (χ1n) is 6.99. The van der Waals surface area contributed by atoms with E-state index in [9.17, 15) is 0 Å². The first-order valence-corrected chi connectivity index (χ1v) is 7.78. The van der Waals surface area contributed by atoms with Crippen LogP contribution >= 0.6 is 15.9 Å². The molecule has 2 aliphatic heterocycles. The summed E-state index contributed by atoms with van der Waals surface area (Å²) in [7, 11) is 2.11. The minimum atomic E-state index is 0.712. The van der Waals surface area contributed by atoms with Crippen LogP contribution in [0.3, 0.4) is 0 Å². The van der Waals surface area contributed by atoms with Crippen LogP contribution in [0.1, 0.15) is 32.1 Å². The molecule has 2 heterocycles. The van der Waals surface area contributed by atoms with Crippen LogP contribution < -0.4 is 10.2 Å². The number of rotatable bonds is 2. The molecular weight excluding hydrogens is 288 g/mol. The molecule has 0 saturated carbocycles. The fourth-order valence-electron chi connectivity index (χ4n) is 3.68. The van der Waals surface area contributed by atoms with E-state index in [0.29, 0.717) is 6.04 Å². The summed E-state index contributed by atoms with van der Waals surface area (Å²) in [6, 6.07) is 11.0. The Balaban J connectivity index is 1.88. The van der Waals surface area contributed by atoms with Crippen molar-refractivity contribution >= 4 is 21.6 Å². The fourth-order valence-corrected chi connectivity index (χ4v) is 4.06. The van der Waals surface area contributed by atoms with E-state index >= 15 is 0 Å². The summed E-state index contributed by atoms with van der Waals surface area (Å²) in [5.74, 6) is 0. The molecule has 2 bridgehead atoms. The maximum absolute atomic E-state index is 3.60. The molecule has 2 aliphatic rings. The van der Waals surface area contributed by atoms with Gasteiger partial charge in [0.1, 0.15) is 0 Å². The molecule has 0 spiro atoms. The average molecular weight is 309 g/mol. The lowest BCUT2D eigenvalue weighted by atomic mass is 9.81. The molecule has 98 valence electrons. The van der Waals surface area contributed by atoms with Gasteiger partial charge in [-0.05, 0) is 57.4 Å². The van der Waals surface area contributed by atoms with Crippen molar-refractivity contribution in [2.45, 2.75) is 50.2 Å². The van der Waals surface area contributed by atoms with E-state index in [1.807, 2.05) is 0 Å². The summed E-state index contributed by atoms with van der Waals surface area (Å²) in [5.41, 5.74) is 1.40. The highest BCUT2D eigenvalue weighted by Crippen LogP contribution is 2.38. The Labute approximate surface area is 118 Å². The summed E-state index contributed by atoms with van der Waals surface area (Å²) in [6.07, 6.45) is 6.68. The van der Waals surface area contributed by atoms with Crippen LogP contribution in [-0.4, -0.2) is 25.2 Å². The topological polar surface area (TPSA) is 15.3 Å². The van der Waals surface area contributed by atoms with Gasteiger partial charge in [0.05, 0.1) is 0 Å². The van der Waals surface area contributed by atoms with Gasteiger partial charge in [-0.2, -0.15) is 0 Å². The van der Waals surface area contributed by atoms with Gasteiger partial charge in [0.25, 0.3) is 0 Å². The Kier molecular flexibility index (Phi) is 3.62. The quantitative estimate of drug-likeness (QED) is 0.898. The Hall–Kier alpha value is -0.540. The molecule has 2 nitrogen and oxygen atoms in total. The van der Waals surface area contributed by atoms with Gasteiger partial charge in [-0.3, -0.25) is 0 Å². The second-order valence-corrected chi connectivity index (χ2v) is 6.50. The average Bonchev–Trinajstić information content (AvgIpc) is 2.37. The highest BCUT2D eigenvalue weighted by atomic mass is 79.9. The van der Waals surface area contributed by atoms with E-state index in [-0.39, 0.29) is 0 Å². The SMILES string of the molecule is CNC1CC2CCCC(C1)N2c1cccc(Br)c1. The van der Waals surface area contributed by atoms with Crippen molar-refractivity contribution < 1.29 is 0 Å². The molecule has 1 aromatic carbocycles. The van der Waals surface area contributed by atoms with Crippen LogP contribution in [0.4, 0.5) is 5.69 Å². The standard InChI is InChI=1S/C15H21BrN2/c1-17-12-9-14-6-3-7-15(10-12)18(14)13-5-2-4-11(16)8-13/h2,4-5,8,12,14-15,17H,3,6-7,9-10H2,1H3. The molecule has 2 fully saturated rings. The molecule has 1 N–H and O–H groups in total. The summed E-state index contributed by atoms with van der Waals surface area (Å²) in [5, 5.41) is 3.48. The second-order valence-electron chi connectivity index (χ2n) is 5.58. The zero-order chi connectivity index (χ0) is 12.5. The largest absolute Gasteiger partial charge is 0.365 e. The number of halogens is 1. The number of piperidine rings is 2. The van der Waals surface area contributed by atoms with Gasteiger partial charge in [0.15, 0.2) is 0 Å². The minimum Gasteiger partial charge on any atom is -0.365 e. The Morgan fingerprint density at radius 3 is 2.56 bits per heavy atom. The molecule has 18 heavy (non-hydrogen) atoms. The second kappa shape index (κ2) is 5.22. The maximum Gasteiger partial charge on any atom is 0.0382 e. The van der Waals surface area contributed by atoms with Gasteiger partial charge in [0.2, 0.25) is 0 Å². The number of hydrogen-bond donors (Lipinski definition) is 1. The zero-order valence-corrected chi connectivity index (χ0v) is 12.5. The van der Waals surface area contributed by atoms with Crippen molar-refractivity contribution in [1.29, 1.82) is 0 Å². The van der Waals surface area contributed by atoms with Crippen molar-refractivity contribution in [2.24, 2.45) is 0 Å². The van der Waals surface area contributed by atoms with E-state index in [1.54, 1.807) is 0 Å². The van der Waals surface area contributed by atoms with Crippen LogP contribution in [0.5, 0.6) is 0 Å². The van der Waals surface area contributed by atoms with Gasteiger partial charge in [-0.1, -0.05) is 22.0 Å². The van der Waals surface area contributed by atoms with Gasteiger partial charge >= 0.3 is 0 Å².